The molecule has 70 heavy (non-hydrogen) atoms. The van der Waals surface area contributed by atoms with Gasteiger partial charge in [0.05, 0.1) is 31.3 Å². The van der Waals surface area contributed by atoms with E-state index in [-0.39, 0.29) is 18.9 Å². The van der Waals surface area contributed by atoms with Gasteiger partial charge in [0.1, 0.15) is 0 Å². The third-order valence-electron chi connectivity index (χ3n) is 15.2. The van der Waals surface area contributed by atoms with Gasteiger partial charge in [-0.25, -0.2) is 0 Å². The topological polar surface area (TPSA) is 89.8 Å². The van der Waals surface area contributed by atoms with Gasteiger partial charge in [-0.1, -0.05) is 334 Å². The minimum Gasteiger partial charge on any atom is -0.394 e. The summed E-state index contributed by atoms with van der Waals surface area (Å²) in [6, 6.07) is -0.744. The maximum atomic E-state index is 12.6. The molecule has 1 amide bonds. The number of allylic oxidation sites excluding steroid dienone is 3. The van der Waals surface area contributed by atoms with Crippen LogP contribution in [0.2, 0.25) is 0 Å². The summed E-state index contributed by atoms with van der Waals surface area (Å²) < 4.78 is 0. The van der Waals surface area contributed by atoms with Crippen LogP contribution in [0, 0.1) is 0 Å². The van der Waals surface area contributed by atoms with Crippen LogP contribution in [-0.2, 0) is 4.79 Å². The van der Waals surface area contributed by atoms with Crippen molar-refractivity contribution >= 4 is 5.91 Å². The fourth-order valence-corrected chi connectivity index (χ4v) is 10.3. The van der Waals surface area contributed by atoms with Crippen LogP contribution in [0.1, 0.15) is 361 Å². The number of hydrogen-bond acceptors (Lipinski definition) is 4. The molecule has 0 fully saturated rings. The van der Waals surface area contributed by atoms with Crippen LogP contribution in [0.4, 0.5) is 0 Å². The van der Waals surface area contributed by atoms with Gasteiger partial charge < -0.3 is 20.6 Å². The first-order valence-corrected chi connectivity index (χ1v) is 32.1. The monoisotopic (exact) mass is 986 g/mol. The number of aliphatic hydroxyl groups is 3. The Hall–Kier alpha value is -1.17. The van der Waals surface area contributed by atoms with Gasteiger partial charge in [0, 0.05) is 0 Å². The zero-order valence-corrected chi connectivity index (χ0v) is 47.7. The molecule has 0 aromatic rings. The molecule has 0 aliphatic carbocycles. The lowest BCUT2D eigenvalue weighted by Crippen LogP contribution is -2.45. The van der Waals surface area contributed by atoms with Crippen LogP contribution in [0.25, 0.3) is 0 Å². The van der Waals surface area contributed by atoms with E-state index in [1.165, 1.54) is 308 Å². The van der Waals surface area contributed by atoms with E-state index in [0.717, 1.165) is 25.7 Å². The van der Waals surface area contributed by atoms with Crippen molar-refractivity contribution in [3.63, 3.8) is 0 Å². The molecule has 0 saturated heterocycles. The Morgan fingerprint density at radius 3 is 0.871 bits per heavy atom. The van der Waals surface area contributed by atoms with Gasteiger partial charge in [0.2, 0.25) is 5.91 Å². The molecule has 0 spiro atoms. The standard InChI is InChI=1S/C65H127NO4/c1-3-5-7-9-11-13-15-17-19-21-23-25-27-28-29-30-31-32-33-34-35-36-37-38-40-42-44-46-48-50-52-54-56-58-62(68)60-65(70)66-63(61-67)64(69)59-57-55-53-51-49-47-45-43-41-39-26-24-22-20-18-16-14-12-10-8-6-4-2/h30-31,57,59,62-64,67-69H,3-29,32-56,58,60-61H2,1-2H3,(H,66,70)/b31-30-,59-57+. The van der Waals surface area contributed by atoms with Crippen LogP contribution in [0.3, 0.4) is 0 Å². The zero-order chi connectivity index (χ0) is 50.7. The Balaban J connectivity index is 3.49. The summed E-state index contributed by atoms with van der Waals surface area (Å²) in [7, 11) is 0. The maximum Gasteiger partial charge on any atom is 0.222 e. The summed E-state index contributed by atoms with van der Waals surface area (Å²) in [5, 5.41) is 33.6. The van der Waals surface area contributed by atoms with Crippen molar-refractivity contribution in [2.75, 3.05) is 6.61 Å². The summed E-state index contributed by atoms with van der Waals surface area (Å²) in [5.74, 6) is -0.309. The lowest BCUT2D eigenvalue weighted by Gasteiger charge is -2.21. The minimum atomic E-state index is -0.928. The lowest BCUT2D eigenvalue weighted by molar-refractivity contribution is -0.124. The van der Waals surface area contributed by atoms with Gasteiger partial charge in [-0.2, -0.15) is 0 Å². The molecule has 0 aromatic carbocycles. The largest absolute Gasteiger partial charge is 0.394 e. The molecule has 0 aromatic heterocycles. The second-order valence-electron chi connectivity index (χ2n) is 22.4. The van der Waals surface area contributed by atoms with Crippen molar-refractivity contribution in [3.8, 4) is 0 Å². The molecule has 0 saturated carbocycles. The van der Waals surface area contributed by atoms with E-state index in [1.807, 2.05) is 6.08 Å². The highest BCUT2D eigenvalue weighted by atomic mass is 16.3. The third-order valence-corrected chi connectivity index (χ3v) is 15.2. The summed E-state index contributed by atoms with van der Waals surface area (Å²) >= 11 is 0. The average Bonchev–Trinajstić information content (AvgIpc) is 3.36. The number of amides is 1. The highest BCUT2D eigenvalue weighted by Gasteiger charge is 2.20. The van der Waals surface area contributed by atoms with E-state index < -0.39 is 18.2 Å². The molecule has 5 nitrogen and oxygen atoms in total. The van der Waals surface area contributed by atoms with Crippen LogP contribution >= 0.6 is 0 Å². The van der Waals surface area contributed by atoms with Crippen LogP contribution in [0.15, 0.2) is 24.3 Å². The highest BCUT2D eigenvalue weighted by Crippen LogP contribution is 2.18. The number of nitrogens with one attached hydrogen (secondary N) is 1. The molecule has 0 aliphatic rings. The lowest BCUT2D eigenvalue weighted by atomic mass is 10.0. The van der Waals surface area contributed by atoms with E-state index in [1.54, 1.807) is 6.08 Å². The number of rotatable bonds is 60. The van der Waals surface area contributed by atoms with Crippen molar-refractivity contribution < 1.29 is 20.1 Å². The quantitative estimate of drug-likeness (QED) is 0.0361. The number of hydrogen-bond donors (Lipinski definition) is 4. The number of aliphatic hydroxyl groups excluding tert-OH is 3. The van der Waals surface area contributed by atoms with Gasteiger partial charge in [-0.3, -0.25) is 4.79 Å². The number of unbranched alkanes of at least 4 members (excludes halogenated alkanes) is 49. The average molecular weight is 987 g/mol. The SMILES string of the molecule is CCCCCCCCCCCCCCCC/C=C\CCCCCCCCCCCCCCCCCC(O)CC(=O)NC(CO)C(O)/C=C/CCCCCCCCCCCCCCCCCCCCCC. The highest BCUT2D eigenvalue weighted by molar-refractivity contribution is 5.76. The Morgan fingerprint density at radius 2 is 0.600 bits per heavy atom. The fraction of sp³-hybridized carbons (Fsp3) is 0.923. The van der Waals surface area contributed by atoms with Crippen molar-refractivity contribution in [2.24, 2.45) is 0 Å². The Labute approximate surface area is 439 Å². The molecular weight excluding hydrogens is 859 g/mol. The predicted molar refractivity (Wildman–Crippen MR) is 310 cm³/mol. The van der Waals surface area contributed by atoms with Crippen molar-refractivity contribution in [1.29, 1.82) is 0 Å². The van der Waals surface area contributed by atoms with E-state index in [2.05, 4.69) is 31.3 Å². The third kappa shape index (κ3) is 56.1. The smallest absolute Gasteiger partial charge is 0.222 e. The molecule has 3 atom stereocenters. The molecule has 0 bridgehead atoms. The molecule has 5 heteroatoms. The Bertz CT molecular complexity index is 1040. The Kier molecular flexibility index (Phi) is 59.4. The van der Waals surface area contributed by atoms with Gasteiger partial charge in [-0.15, -0.1) is 0 Å². The maximum absolute atomic E-state index is 12.6. The summed E-state index contributed by atoms with van der Waals surface area (Å²) in [6.07, 6.45) is 78.3. The zero-order valence-electron chi connectivity index (χ0n) is 47.7. The van der Waals surface area contributed by atoms with E-state index in [0.29, 0.717) is 6.42 Å². The Morgan fingerprint density at radius 1 is 0.357 bits per heavy atom. The van der Waals surface area contributed by atoms with Crippen molar-refractivity contribution in [3.05, 3.63) is 24.3 Å². The van der Waals surface area contributed by atoms with E-state index in [4.69, 9.17) is 0 Å². The molecule has 0 rings (SSSR count). The minimum absolute atomic E-state index is 0.0174. The summed E-state index contributed by atoms with van der Waals surface area (Å²) in [5.41, 5.74) is 0. The second kappa shape index (κ2) is 60.4. The fourth-order valence-electron chi connectivity index (χ4n) is 10.3. The van der Waals surface area contributed by atoms with Crippen molar-refractivity contribution in [1.82, 2.24) is 5.32 Å². The van der Waals surface area contributed by atoms with E-state index in [9.17, 15) is 20.1 Å². The van der Waals surface area contributed by atoms with E-state index >= 15 is 0 Å². The number of carbonyl (C=O) groups is 1. The van der Waals surface area contributed by atoms with Crippen molar-refractivity contribution in [2.45, 2.75) is 379 Å². The molecule has 0 radical (unpaired) electrons. The summed E-state index contributed by atoms with van der Waals surface area (Å²) in [6.45, 7) is 4.26. The first-order chi connectivity index (χ1) is 34.5. The predicted octanol–water partition coefficient (Wildman–Crippen LogP) is 20.4. The molecule has 416 valence electrons. The molecule has 4 N–H and O–H groups in total. The van der Waals surface area contributed by atoms with Gasteiger partial charge in [0.15, 0.2) is 0 Å². The first kappa shape index (κ1) is 68.8. The van der Waals surface area contributed by atoms with Crippen LogP contribution in [-0.4, -0.2) is 46.1 Å². The molecule has 3 unspecified atom stereocenters. The molecular formula is C65H127NO4. The number of carbonyl (C=O) groups excluding carboxylic acids is 1. The van der Waals surface area contributed by atoms with Gasteiger partial charge in [0.25, 0.3) is 0 Å². The van der Waals surface area contributed by atoms with Gasteiger partial charge >= 0.3 is 0 Å². The van der Waals surface area contributed by atoms with Gasteiger partial charge in [-0.05, 0) is 44.9 Å². The van der Waals surface area contributed by atoms with Crippen LogP contribution < -0.4 is 5.32 Å². The molecule has 0 heterocycles. The normalized spacial score (nSPS) is 13.3. The first-order valence-electron chi connectivity index (χ1n) is 32.1. The second-order valence-corrected chi connectivity index (χ2v) is 22.4. The van der Waals surface area contributed by atoms with Crippen LogP contribution in [0.5, 0.6) is 0 Å². The summed E-state index contributed by atoms with van der Waals surface area (Å²) in [4.78, 5) is 12.6. The molecule has 0 aliphatic heterocycles.